The normalized spacial score (nSPS) is 15.8. The minimum absolute atomic E-state index is 0.00413. The van der Waals surface area contributed by atoms with E-state index < -0.39 is 6.04 Å². The van der Waals surface area contributed by atoms with Crippen molar-refractivity contribution in [2.75, 3.05) is 26.2 Å². The zero-order chi connectivity index (χ0) is 21.6. The van der Waals surface area contributed by atoms with Gasteiger partial charge in [-0.25, -0.2) is 0 Å². The first kappa shape index (κ1) is 21.6. The number of nitrogens with two attached hydrogens (primary N) is 1. The highest BCUT2D eigenvalue weighted by Gasteiger charge is 2.30. The minimum Gasteiger partial charge on any atom is -0.339 e. The van der Waals surface area contributed by atoms with Gasteiger partial charge in [0.15, 0.2) is 0 Å². The maximum absolute atomic E-state index is 13.0. The Balaban J connectivity index is 1.43. The molecule has 4 rings (SSSR count). The molecule has 1 saturated heterocycles. The average Bonchev–Trinajstić information content (AvgIpc) is 2.82. The Bertz CT molecular complexity index is 948. The number of hydrogen-bond donors (Lipinski definition) is 1. The molecule has 1 fully saturated rings. The van der Waals surface area contributed by atoms with Crippen molar-refractivity contribution in [2.24, 2.45) is 5.73 Å². The van der Waals surface area contributed by atoms with Crippen molar-refractivity contribution in [2.45, 2.75) is 18.5 Å². The molecule has 0 radical (unpaired) electrons. The molecule has 0 aromatic heterocycles. The molecule has 4 nitrogen and oxygen atoms in total. The van der Waals surface area contributed by atoms with Crippen LogP contribution in [-0.4, -0.2) is 47.9 Å². The second-order valence-corrected chi connectivity index (χ2v) is 8.39. The van der Waals surface area contributed by atoms with Gasteiger partial charge >= 0.3 is 0 Å². The van der Waals surface area contributed by atoms with E-state index >= 15 is 0 Å². The number of benzene rings is 3. The van der Waals surface area contributed by atoms with E-state index in [9.17, 15) is 4.79 Å². The van der Waals surface area contributed by atoms with Gasteiger partial charge in [0.05, 0.1) is 12.1 Å². The number of nitrogens with zero attached hydrogens (tertiary/aromatic N) is 2. The average molecular weight is 434 g/mol. The van der Waals surface area contributed by atoms with Gasteiger partial charge in [0, 0.05) is 31.2 Å². The highest BCUT2D eigenvalue weighted by atomic mass is 35.5. The summed E-state index contributed by atoms with van der Waals surface area (Å²) in [5, 5.41) is 0.657. The number of hydrogen-bond acceptors (Lipinski definition) is 3. The predicted octanol–water partition coefficient (Wildman–Crippen LogP) is 4.14. The van der Waals surface area contributed by atoms with Crippen molar-refractivity contribution in [3.63, 3.8) is 0 Å². The second kappa shape index (κ2) is 10.1. The van der Waals surface area contributed by atoms with Gasteiger partial charge in [0.2, 0.25) is 5.91 Å². The van der Waals surface area contributed by atoms with Gasteiger partial charge in [0.1, 0.15) is 0 Å². The van der Waals surface area contributed by atoms with Crippen LogP contribution in [0.4, 0.5) is 0 Å². The molecule has 31 heavy (non-hydrogen) atoms. The van der Waals surface area contributed by atoms with Gasteiger partial charge in [-0.05, 0) is 29.2 Å². The summed E-state index contributed by atoms with van der Waals surface area (Å²) in [5.74, 6) is -0.00413. The topological polar surface area (TPSA) is 49.6 Å². The van der Waals surface area contributed by atoms with Crippen LogP contribution in [0.5, 0.6) is 0 Å². The van der Waals surface area contributed by atoms with Crippen molar-refractivity contribution >= 4 is 17.5 Å². The van der Waals surface area contributed by atoms with E-state index in [0.717, 1.165) is 18.7 Å². The first-order chi connectivity index (χ1) is 15.1. The third-order valence-electron chi connectivity index (χ3n) is 5.94. The van der Waals surface area contributed by atoms with E-state index in [0.29, 0.717) is 24.5 Å². The summed E-state index contributed by atoms with van der Waals surface area (Å²) < 4.78 is 0. The fraction of sp³-hybridized carbons (Fsp3) is 0.269. The van der Waals surface area contributed by atoms with Crippen LogP contribution < -0.4 is 5.73 Å². The fourth-order valence-corrected chi connectivity index (χ4v) is 4.52. The van der Waals surface area contributed by atoms with Gasteiger partial charge in [0.25, 0.3) is 0 Å². The van der Waals surface area contributed by atoms with E-state index in [1.165, 1.54) is 11.1 Å². The molecular formula is C26H28ClN3O. The van der Waals surface area contributed by atoms with Crippen molar-refractivity contribution in [3.05, 3.63) is 107 Å². The number of piperazine rings is 1. The summed E-state index contributed by atoms with van der Waals surface area (Å²) in [6.07, 6.45) is 0.454. The smallest absolute Gasteiger partial charge is 0.239 e. The molecule has 1 aliphatic rings. The quantitative estimate of drug-likeness (QED) is 0.635. The lowest BCUT2D eigenvalue weighted by molar-refractivity contribution is -0.134. The molecule has 1 heterocycles. The Morgan fingerprint density at radius 2 is 1.32 bits per heavy atom. The van der Waals surface area contributed by atoms with Crippen LogP contribution in [0.15, 0.2) is 84.9 Å². The van der Waals surface area contributed by atoms with Gasteiger partial charge in [-0.15, -0.1) is 0 Å². The molecule has 3 aromatic carbocycles. The van der Waals surface area contributed by atoms with Crippen molar-refractivity contribution in [1.82, 2.24) is 9.80 Å². The lowest BCUT2D eigenvalue weighted by Crippen LogP contribution is -2.54. The number of carbonyl (C=O) groups excluding carboxylic acids is 1. The lowest BCUT2D eigenvalue weighted by atomic mass is 9.96. The number of carbonyl (C=O) groups is 1. The van der Waals surface area contributed by atoms with Crippen molar-refractivity contribution in [3.8, 4) is 0 Å². The molecule has 0 aliphatic carbocycles. The van der Waals surface area contributed by atoms with E-state index in [2.05, 4.69) is 53.4 Å². The number of rotatable bonds is 6. The highest BCUT2D eigenvalue weighted by Crippen LogP contribution is 2.29. The summed E-state index contributed by atoms with van der Waals surface area (Å²) in [4.78, 5) is 17.3. The summed E-state index contributed by atoms with van der Waals surface area (Å²) in [7, 11) is 0. The maximum Gasteiger partial charge on any atom is 0.239 e. The van der Waals surface area contributed by atoms with Crippen LogP contribution in [-0.2, 0) is 11.2 Å². The van der Waals surface area contributed by atoms with Crippen LogP contribution in [0.1, 0.15) is 22.7 Å². The Morgan fingerprint density at radius 1 is 0.806 bits per heavy atom. The van der Waals surface area contributed by atoms with Gasteiger partial charge in [-0.3, -0.25) is 9.69 Å². The van der Waals surface area contributed by atoms with Gasteiger partial charge in [-0.2, -0.15) is 0 Å². The zero-order valence-electron chi connectivity index (χ0n) is 17.5. The SMILES string of the molecule is NC(Cc1ccccc1Cl)C(=O)N1CCN(C(c2ccccc2)c2ccccc2)CC1. The molecule has 5 heteroatoms. The molecule has 0 bridgehead atoms. The summed E-state index contributed by atoms with van der Waals surface area (Å²) in [6.45, 7) is 2.95. The molecule has 3 aromatic rings. The fourth-order valence-electron chi connectivity index (χ4n) is 4.31. The maximum atomic E-state index is 13.0. The van der Waals surface area contributed by atoms with E-state index in [-0.39, 0.29) is 11.9 Å². The van der Waals surface area contributed by atoms with Crippen LogP contribution in [0, 0.1) is 0 Å². The summed E-state index contributed by atoms with van der Waals surface area (Å²) in [6, 6.07) is 28.3. The summed E-state index contributed by atoms with van der Waals surface area (Å²) >= 11 is 6.24. The van der Waals surface area contributed by atoms with Crippen LogP contribution in [0.2, 0.25) is 5.02 Å². The molecule has 1 unspecified atom stereocenters. The molecule has 1 aliphatic heterocycles. The van der Waals surface area contributed by atoms with Gasteiger partial charge < -0.3 is 10.6 Å². The second-order valence-electron chi connectivity index (χ2n) is 7.99. The van der Waals surface area contributed by atoms with Crippen LogP contribution in [0.3, 0.4) is 0 Å². The Morgan fingerprint density at radius 3 is 1.87 bits per heavy atom. The first-order valence-corrected chi connectivity index (χ1v) is 11.1. The molecule has 0 spiro atoms. The summed E-state index contributed by atoms with van der Waals surface area (Å²) in [5.41, 5.74) is 9.71. The molecule has 2 N–H and O–H groups in total. The lowest BCUT2D eigenvalue weighted by Gasteiger charge is -2.40. The molecular weight excluding hydrogens is 406 g/mol. The Hall–Kier alpha value is -2.66. The van der Waals surface area contributed by atoms with Gasteiger partial charge in [-0.1, -0.05) is 90.5 Å². The van der Waals surface area contributed by atoms with Crippen LogP contribution >= 0.6 is 11.6 Å². The molecule has 1 atom stereocenters. The van der Waals surface area contributed by atoms with E-state index in [4.69, 9.17) is 17.3 Å². The standard InChI is InChI=1S/C26H28ClN3O/c27-23-14-8-7-13-22(23)19-24(28)26(31)30-17-15-29(16-18-30)25(20-9-3-1-4-10-20)21-11-5-2-6-12-21/h1-14,24-25H,15-19,28H2. The molecule has 1 amide bonds. The monoisotopic (exact) mass is 433 g/mol. The van der Waals surface area contributed by atoms with Crippen molar-refractivity contribution < 1.29 is 4.79 Å². The highest BCUT2D eigenvalue weighted by molar-refractivity contribution is 6.31. The minimum atomic E-state index is -0.578. The first-order valence-electron chi connectivity index (χ1n) is 10.7. The Kier molecular flexibility index (Phi) is 7.03. The van der Waals surface area contributed by atoms with Crippen molar-refractivity contribution in [1.29, 1.82) is 0 Å². The zero-order valence-corrected chi connectivity index (χ0v) is 18.3. The predicted molar refractivity (Wildman–Crippen MR) is 126 cm³/mol. The largest absolute Gasteiger partial charge is 0.339 e. The van der Waals surface area contributed by atoms with E-state index in [1.54, 1.807) is 0 Å². The van der Waals surface area contributed by atoms with Crippen LogP contribution in [0.25, 0.3) is 0 Å². The number of halogens is 1. The molecule has 0 saturated carbocycles. The molecule has 160 valence electrons. The van der Waals surface area contributed by atoms with E-state index in [1.807, 2.05) is 41.3 Å². The number of amides is 1. The third kappa shape index (κ3) is 5.16. The third-order valence-corrected chi connectivity index (χ3v) is 6.31. The Labute approximate surface area is 189 Å².